The number of aliphatic carboxylic acids is 1. The van der Waals surface area contributed by atoms with Gasteiger partial charge in [-0.15, -0.1) is 0 Å². The van der Waals surface area contributed by atoms with Crippen LogP contribution in [0.1, 0.15) is 15.9 Å². The number of carboxylic acid groups (broad SMARTS) is 1. The van der Waals surface area contributed by atoms with Gasteiger partial charge in [0.2, 0.25) is 0 Å². The Morgan fingerprint density at radius 2 is 2.06 bits per heavy atom. The number of hydrogen-bond donors (Lipinski definition) is 1. The first-order valence-corrected chi connectivity index (χ1v) is 6.06. The molecule has 1 aromatic rings. The highest BCUT2D eigenvalue weighted by atomic mass is 79.9. The number of halogens is 1. The number of benzene rings is 1. The Labute approximate surface area is 107 Å². The van der Waals surface area contributed by atoms with Crippen molar-refractivity contribution in [3.63, 3.8) is 0 Å². The summed E-state index contributed by atoms with van der Waals surface area (Å²) >= 11 is 3.34. The van der Waals surface area contributed by atoms with Gasteiger partial charge in [-0.05, 0) is 30.7 Å². The lowest BCUT2D eigenvalue weighted by molar-refractivity contribution is -0.146. The van der Waals surface area contributed by atoms with Gasteiger partial charge in [-0.1, -0.05) is 15.9 Å². The van der Waals surface area contributed by atoms with Gasteiger partial charge in [0, 0.05) is 23.1 Å². The van der Waals surface area contributed by atoms with Crippen LogP contribution in [0.25, 0.3) is 0 Å². The third-order valence-electron chi connectivity index (χ3n) is 2.94. The second-order valence-corrected chi connectivity index (χ2v) is 5.12. The molecule has 0 saturated carbocycles. The van der Waals surface area contributed by atoms with Crippen LogP contribution < -0.4 is 0 Å². The van der Waals surface area contributed by atoms with E-state index in [2.05, 4.69) is 15.9 Å². The van der Waals surface area contributed by atoms with Gasteiger partial charge < -0.3 is 10.0 Å². The number of rotatable bonds is 2. The van der Waals surface area contributed by atoms with Crippen LogP contribution in [0.2, 0.25) is 0 Å². The monoisotopic (exact) mass is 297 g/mol. The average molecular weight is 298 g/mol. The molecule has 0 spiro atoms. The normalized spacial score (nSPS) is 15.5. The third-order valence-corrected chi connectivity index (χ3v) is 3.43. The fourth-order valence-corrected chi connectivity index (χ4v) is 2.31. The van der Waals surface area contributed by atoms with E-state index in [4.69, 9.17) is 5.11 Å². The molecule has 1 aliphatic rings. The fraction of sp³-hybridized carbons (Fsp3) is 0.333. The van der Waals surface area contributed by atoms with Crippen LogP contribution in [-0.2, 0) is 4.79 Å². The first kappa shape index (κ1) is 12.1. The zero-order valence-corrected chi connectivity index (χ0v) is 10.9. The molecule has 2 rings (SSSR count). The average Bonchev–Trinajstić information content (AvgIpc) is 2.13. The molecule has 1 amide bonds. The van der Waals surface area contributed by atoms with E-state index >= 15 is 0 Å². The van der Waals surface area contributed by atoms with E-state index in [9.17, 15) is 9.59 Å². The van der Waals surface area contributed by atoms with Crippen molar-refractivity contribution >= 4 is 27.8 Å². The molecule has 4 nitrogen and oxygen atoms in total. The molecule has 0 radical (unpaired) electrons. The molecule has 0 atom stereocenters. The third kappa shape index (κ3) is 2.34. The first-order chi connectivity index (χ1) is 7.99. The summed E-state index contributed by atoms with van der Waals surface area (Å²) in [5.74, 6) is -1.33. The minimum atomic E-state index is -0.832. The van der Waals surface area contributed by atoms with Crippen molar-refractivity contribution in [1.82, 2.24) is 4.90 Å². The Morgan fingerprint density at radius 1 is 1.41 bits per heavy atom. The van der Waals surface area contributed by atoms with Crippen LogP contribution in [0.4, 0.5) is 0 Å². The predicted molar refractivity (Wildman–Crippen MR) is 65.9 cm³/mol. The van der Waals surface area contributed by atoms with E-state index in [1.54, 1.807) is 11.0 Å². The lowest BCUT2D eigenvalue weighted by atomic mass is 9.98. The lowest BCUT2D eigenvalue weighted by Gasteiger charge is -2.36. The zero-order valence-electron chi connectivity index (χ0n) is 9.31. The number of carboxylic acids is 1. The molecule has 1 aliphatic heterocycles. The van der Waals surface area contributed by atoms with Gasteiger partial charge in [-0.2, -0.15) is 0 Å². The molecule has 1 N–H and O–H groups in total. The Hall–Kier alpha value is -1.36. The Kier molecular flexibility index (Phi) is 3.19. The Balaban J connectivity index is 2.09. The predicted octanol–water partition coefficient (Wildman–Crippen LogP) is 1.91. The van der Waals surface area contributed by atoms with Crippen LogP contribution in [-0.4, -0.2) is 35.0 Å². The largest absolute Gasteiger partial charge is 0.481 e. The lowest BCUT2D eigenvalue weighted by Crippen LogP contribution is -2.53. The van der Waals surface area contributed by atoms with Crippen LogP contribution in [0, 0.1) is 12.8 Å². The van der Waals surface area contributed by atoms with Crippen LogP contribution in [0.3, 0.4) is 0 Å². The summed E-state index contributed by atoms with van der Waals surface area (Å²) in [6.07, 6.45) is 0. The Morgan fingerprint density at radius 3 is 2.59 bits per heavy atom. The molecule has 17 heavy (non-hydrogen) atoms. The van der Waals surface area contributed by atoms with Gasteiger partial charge in [0.1, 0.15) is 0 Å². The van der Waals surface area contributed by atoms with Gasteiger partial charge in [0.25, 0.3) is 5.91 Å². The smallest absolute Gasteiger partial charge is 0.310 e. The van der Waals surface area contributed by atoms with Crippen molar-refractivity contribution in [1.29, 1.82) is 0 Å². The summed E-state index contributed by atoms with van der Waals surface area (Å²) in [6, 6.07) is 5.45. The molecule has 0 aliphatic carbocycles. The van der Waals surface area contributed by atoms with Crippen molar-refractivity contribution in [3.05, 3.63) is 33.8 Å². The number of carbonyl (C=O) groups is 2. The van der Waals surface area contributed by atoms with Gasteiger partial charge >= 0.3 is 5.97 Å². The number of nitrogens with zero attached hydrogens (tertiary/aromatic N) is 1. The molecule has 0 bridgehead atoms. The number of aryl methyl sites for hydroxylation is 1. The van der Waals surface area contributed by atoms with Crippen LogP contribution >= 0.6 is 15.9 Å². The summed E-state index contributed by atoms with van der Waals surface area (Å²) in [7, 11) is 0. The Bertz CT molecular complexity index is 481. The molecule has 1 saturated heterocycles. The molecule has 90 valence electrons. The SMILES string of the molecule is Cc1cc(Br)ccc1C(=O)N1CC(C(=O)O)C1. The number of likely N-dealkylation sites (tertiary alicyclic amines) is 1. The molecule has 1 fully saturated rings. The van der Waals surface area contributed by atoms with Crippen LogP contribution in [0.15, 0.2) is 22.7 Å². The second-order valence-electron chi connectivity index (χ2n) is 4.20. The minimum absolute atomic E-state index is 0.0903. The molecular formula is C12H12BrNO3. The van der Waals surface area contributed by atoms with Crippen molar-refractivity contribution in [2.75, 3.05) is 13.1 Å². The van der Waals surface area contributed by atoms with Crippen molar-refractivity contribution in [3.8, 4) is 0 Å². The van der Waals surface area contributed by atoms with Gasteiger partial charge in [0.05, 0.1) is 5.92 Å². The fourth-order valence-electron chi connectivity index (χ4n) is 1.84. The highest BCUT2D eigenvalue weighted by Crippen LogP contribution is 2.22. The van der Waals surface area contributed by atoms with E-state index in [0.717, 1.165) is 10.0 Å². The summed E-state index contributed by atoms with van der Waals surface area (Å²) in [6.45, 7) is 2.49. The van der Waals surface area contributed by atoms with E-state index < -0.39 is 11.9 Å². The maximum Gasteiger partial charge on any atom is 0.310 e. The van der Waals surface area contributed by atoms with E-state index in [1.807, 2.05) is 19.1 Å². The molecule has 1 heterocycles. The summed E-state index contributed by atoms with van der Waals surface area (Å²) in [5, 5.41) is 8.75. The highest BCUT2D eigenvalue weighted by Gasteiger charge is 2.36. The van der Waals surface area contributed by atoms with E-state index in [-0.39, 0.29) is 5.91 Å². The molecule has 0 aromatic heterocycles. The van der Waals surface area contributed by atoms with Gasteiger partial charge in [-0.25, -0.2) is 0 Å². The summed E-state index contributed by atoms with van der Waals surface area (Å²) < 4.78 is 0.929. The summed E-state index contributed by atoms with van der Waals surface area (Å²) in [4.78, 5) is 24.3. The van der Waals surface area contributed by atoms with Gasteiger partial charge in [0.15, 0.2) is 0 Å². The molecule has 1 aromatic carbocycles. The van der Waals surface area contributed by atoms with Crippen molar-refractivity contribution in [2.45, 2.75) is 6.92 Å². The molecular weight excluding hydrogens is 286 g/mol. The number of hydrogen-bond acceptors (Lipinski definition) is 2. The maximum absolute atomic E-state index is 12.0. The quantitative estimate of drug-likeness (QED) is 0.907. The maximum atomic E-state index is 12.0. The number of amides is 1. The number of carbonyl (C=O) groups excluding carboxylic acids is 1. The van der Waals surface area contributed by atoms with E-state index in [1.165, 1.54) is 0 Å². The van der Waals surface area contributed by atoms with Crippen molar-refractivity contribution < 1.29 is 14.7 Å². The summed E-state index contributed by atoms with van der Waals surface area (Å²) in [5.41, 5.74) is 1.53. The minimum Gasteiger partial charge on any atom is -0.481 e. The molecule has 5 heteroatoms. The molecule has 0 unspecified atom stereocenters. The van der Waals surface area contributed by atoms with Gasteiger partial charge in [-0.3, -0.25) is 9.59 Å². The van der Waals surface area contributed by atoms with Crippen LogP contribution in [0.5, 0.6) is 0 Å². The highest BCUT2D eigenvalue weighted by molar-refractivity contribution is 9.10. The second kappa shape index (κ2) is 4.49. The topological polar surface area (TPSA) is 57.6 Å². The first-order valence-electron chi connectivity index (χ1n) is 5.27. The van der Waals surface area contributed by atoms with Crippen molar-refractivity contribution in [2.24, 2.45) is 5.92 Å². The van der Waals surface area contributed by atoms with E-state index in [0.29, 0.717) is 18.7 Å². The standard InChI is InChI=1S/C12H12BrNO3/c1-7-4-9(13)2-3-10(7)11(15)14-5-8(6-14)12(16)17/h2-4,8H,5-6H2,1H3,(H,16,17). The zero-order chi connectivity index (χ0) is 12.6.